The Morgan fingerprint density at radius 1 is 1.17 bits per heavy atom. The molecule has 1 aromatic heterocycles. The highest BCUT2D eigenvalue weighted by Crippen LogP contribution is 2.29. The van der Waals surface area contributed by atoms with Crippen LogP contribution in [0.3, 0.4) is 0 Å². The minimum atomic E-state index is 0.0102. The number of hydrogen-bond acceptors (Lipinski definition) is 2. The molecule has 0 atom stereocenters. The van der Waals surface area contributed by atoms with Gasteiger partial charge in [-0.15, -0.1) is 0 Å². The van der Waals surface area contributed by atoms with Gasteiger partial charge in [-0.2, -0.15) is 0 Å². The van der Waals surface area contributed by atoms with Crippen LogP contribution in [-0.4, -0.2) is 9.55 Å². The normalized spacial score (nSPS) is 15.2. The minimum absolute atomic E-state index is 0.0102. The number of allylic oxidation sites excluding steroid dienone is 1. The van der Waals surface area contributed by atoms with Crippen molar-refractivity contribution in [2.75, 3.05) is 0 Å². The summed E-state index contributed by atoms with van der Waals surface area (Å²) < 4.78 is 1.77. The van der Waals surface area contributed by atoms with Gasteiger partial charge in [-0.25, -0.2) is 4.98 Å². The van der Waals surface area contributed by atoms with Gasteiger partial charge in [-0.3, -0.25) is 9.36 Å². The number of rotatable bonds is 1. The molecule has 1 aliphatic heterocycles. The van der Waals surface area contributed by atoms with Crippen molar-refractivity contribution in [3.63, 3.8) is 0 Å². The van der Waals surface area contributed by atoms with Gasteiger partial charge in [0, 0.05) is 11.6 Å². The molecule has 2 heterocycles. The quantitative estimate of drug-likeness (QED) is 0.650. The molecule has 0 unspecified atom stereocenters. The molecule has 3 aromatic rings. The first kappa shape index (κ1) is 15.2. The number of nitrogens with zero attached hydrogens (tertiary/aromatic N) is 2. The smallest absolute Gasteiger partial charge is 0.261 e. The average molecular weight is 337 g/mol. The van der Waals surface area contributed by atoms with Crippen molar-refractivity contribution in [2.24, 2.45) is 0 Å². The van der Waals surface area contributed by atoms with Gasteiger partial charge in [0.2, 0.25) is 0 Å². The van der Waals surface area contributed by atoms with E-state index in [1.54, 1.807) is 22.8 Å². The van der Waals surface area contributed by atoms with Crippen molar-refractivity contribution >= 4 is 34.2 Å². The Morgan fingerprint density at radius 3 is 2.83 bits per heavy atom. The van der Waals surface area contributed by atoms with E-state index in [4.69, 9.17) is 16.6 Å². The van der Waals surface area contributed by atoms with Gasteiger partial charge in [0.25, 0.3) is 5.56 Å². The second-order valence-corrected chi connectivity index (χ2v) is 6.77. The first-order valence-electron chi connectivity index (χ1n) is 8.01. The molecular weight excluding hydrogens is 320 g/mol. The Bertz CT molecular complexity index is 1060. The van der Waals surface area contributed by atoms with Crippen LogP contribution in [0.2, 0.25) is 5.02 Å². The summed E-state index contributed by atoms with van der Waals surface area (Å²) in [5, 5.41) is 1.22. The van der Waals surface area contributed by atoms with E-state index in [-0.39, 0.29) is 5.56 Å². The van der Waals surface area contributed by atoms with Crippen LogP contribution in [0.25, 0.3) is 22.6 Å². The van der Waals surface area contributed by atoms with Crippen molar-refractivity contribution in [1.82, 2.24) is 9.55 Å². The maximum atomic E-state index is 12.7. The van der Waals surface area contributed by atoms with E-state index < -0.39 is 0 Å². The van der Waals surface area contributed by atoms with Crippen LogP contribution < -0.4 is 5.56 Å². The fraction of sp³-hybridized carbons (Fsp3) is 0.200. The van der Waals surface area contributed by atoms with Gasteiger partial charge in [-0.05, 0) is 61.2 Å². The molecule has 0 amide bonds. The van der Waals surface area contributed by atoms with E-state index in [1.165, 1.54) is 16.7 Å². The predicted molar refractivity (Wildman–Crippen MR) is 99.4 cm³/mol. The van der Waals surface area contributed by atoms with Crippen LogP contribution in [0, 0.1) is 13.8 Å². The minimum Gasteiger partial charge on any atom is -0.292 e. The molecule has 3 nitrogen and oxygen atoms in total. The van der Waals surface area contributed by atoms with Crippen LogP contribution in [0.15, 0.2) is 41.2 Å². The van der Waals surface area contributed by atoms with E-state index in [0.717, 1.165) is 17.8 Å². The third-order valence-electron chi connectivity index (χ3n) is 4.57. The predicted octanol–water partition coefficient (Wildman–Crippen LogP) is 4.61. The molecule has 4 rings (SSSR count). The molecule has 0 saturated heterocycles. The topological polar surface area (TPSA) is 34.9 Å². The molecule has 0 N–H and O–H groups in total. The highest BCUT2D eigenvalue weighted by molar-refractivity contribution is 6.31. The lowest BCUT2D eigenvalue weighted by molar-refractivity contribution is 0.725. The highest BCUT2D eigenvalue weighted by atomic mass is 35.5. The van der Waals surface area contributed by atoms with E-state index in [0.29, 0.717) is 22.5 Å². The summed E-state index contributed by atoms with van der Waals surface area (Å²) in [6.07, 6.45) is 2.98. The van der Waals surface area contributed by atoms with Gasteiger partial charge >= 0.3 is 0 Å². The van der Waals surface area contributed by atoms with Crippen LogP contribution in [-0.2, 0) is 6.54 Å². The molecule has 0 aliphatic carbocycles. The molecule has 4 heteroatoms. The fourth-order valence-electron chi connectivity index (χ4n) is 3.23. The Balaban J connectivity index is 1.93. The molecule has 2 aromatic carbocycles. The number of hydrogen-bond donors (Lipinski definition) is 0. The number of fused-ring (bicyclic) bond motifs is 2. The third kappa shape index (κ3) is 2.45. The lowest BCUT2D eigenvalue weighted by Crippen LogP contribution is -2.20. The Morgan fingerprint density at radius 2 is 2.00 bits per heavy atom. The Labute approximate surface area is 145 Å². The van der Waals surface area contributed by atoms with E-state index >= 15 is 0 Å². The second kappa shape index (κ2) is 5.60. The highest BCUT2D eigenvalue weighted by Gasteiger charge is 2.21. The van der Waals surface area contributed by atoms with Gasteiger partial charge in [-0.1, -0.05) is 35.4 Å². The second-order valence-electron chi connectivity index (χ2n) is 6.33. The SMILES string of the molecule is Cc1ccc(C)c(/C=C2\CCn3c2nc2cc(Cl)ccc2c3=O)c1. The molecule has 0 radical (unpaired) electrons. The van der Waals surface area contributed by atoms with Crippen molar-refractivity contribution in [3.8, 4) is 0 Å². The molecule has 1 aliphatic rings. The van der Waals surface area contributed by atoms with Gasteiger partial charge < -0.3 is 0 Å². The van der Waals surface area contributed by atoms with Crippen LogP contribution >= 0.6 is 11.6 Å². The largest absolute Gasteiger partial charge is 0.292 e. The van der Waals surface area contributed by atoms with E-state index in [2.05, 4.69) is 38.1 Å². The summed E-state index contributed by atoms with van der Waals surface area (Å²) in [6.45, 7) is 4.86. The number of aryl methyl sites for hydroxylation is 2. The van der Waals surface area contributed by atoms with E-state index in [9.17, 15) is 4.79 Å². The zero-order valence-electron chi connectivity index (χ0n) is 13.6. The molecule has 0 saturated carbocycles. The van der Waals surface area contributed by atoms with Crippen LogP contribution in [0.1, 0.15) is 28.9 Å². The summed E-state index contributed by atoms with van der Waals surface area (Å²) in [4.78, 5) is 17.4. The Hall–Kier alpha value is -2.39. The fourth-order valence-corrected chi connectivity index (χ4v) is 3.40. The standard InChI is InChI=1S/C20H17ClN2O/c1-12-3-4-13(2)15(9-12)10-14-7-8-23-19(14)22-18-11-16(21)5-6-17(18)20(23)24/h3-6,9-11H,7-8H2,1-2H3/b14-10+. The molecule has 120 valence electrons. The number of halogens is 1. The molecule has 0 fully saturated rings. The van der Waals surface area contributed by atoms with Gasteiger partial charge in [0.15, 0.2) is 0 Å². The zero-order valence-corrected chi connectivity index (χ0v) is 14.4. The zero-order chi connectivity index (χ0) is 16.8. The molecule has 0 bridgehead atoms. The maximum Gasteiger partial charge on any atom is 0.261 e. The third-order valence-corrected chi connectivity index (χ3v) is 4.81. The van der Waals surface area contributed by atoms with Gasteiger partial charge in [0.1, 0.15) is 5.82 Å². The molecule has 0 spiro atoms. The van der Waals surface area contributed by atoms with Crippen molar-refractivity contribution in [3.05, 3.63) is 74.3 Å². The summed E-state index contributed by atoms with van der Waals surface area (Å²) in [5.74, 6) is 0.760. The first-order valence-corrected chi connectivity index (χ1v) is 8.39. The number of benzene rings is 2. The lowest BCUT2D eigenvalue weighted by atomic mass is 10.0. The first-order chi connectivity index (χ1) is 11.5. The summed E-state index contributed by atoms with van der Waals surface area (Å²) in [5.41, 5.74) is 5.39. The maximum absolute atomic E-state index is 12.7. The monoisotopic (exact) mass is 336 g/mol. The van der Waals surface area contributed by atoms with Gasteiger partial charge in [0.05, 0.1) is 10.9 Å². The van der Waals surface area contributed by atoms with Crippen LogP contribution in [0.5, 0.6) is 0 Å². The Kier molecular flexibility index (Phi) is 3.54. The lowest BCUT2D eigenvalue weighted by Gasteiger charge is -2.07. The molecule has 24 heavy (non-hydrogen) atoms. The summed E-state index contributed by atoms with van der Waals surface area (Å²) in [6, 6.07) is 11.7. The number of aromatic nitrogens is 2. The van der Waals surface area contributed by atoms with Crippen molar-refractivity contribution in [2.45, 2.75) is 26.8 Å². The van der Waals surface area contributed by atoms with Crippen molar-refractivity contribution in [1.29, 1.82) is 0 Å². The van der Waals surface area contributed by atoms with Crippen LogP contribution in [0.4, 0.5) is 0 Å². The van der Waals surface area contributed by atoms with E-state index in [1.807, 2.05) is 0 Å². The average Bonchev–Trinajstić information content (AvgIpc) is 2.94. The summed E-state index contributed by atoms with van der Waals surface area (Å²) >= 11 is 6.06. The molecular formula is C20H17ClN2O. The summed E-state index contributed by atoms with van der Waals surface area (Å²) in [7, 11) is 0. The van der Waals surface area contributed by atoms with Crippen molar-refractivity contribution < 1.29 is 0 Å².